The first kappa shape index (κ1) is 15.0. The molecule has 6 heteroatoms. The third-order valence-electron chi connectivity index (χ3n) is 2.73. The number of hydrogen-bond acceptors (Lipinski definition) is 2. The van der Waals surface area contributed by atoms with Crippen molar-refractivity contribution in [3.05, 3.63) is 63.6 Å². The standard InChI is InChI=1S/C14H11Cl2F2NO/c15-11-5-10(18)6-12(16)14(11)19-7-13(20)8-1-3-9(17)4-2-8/h1-6,13,19-20H,7H2. The predicted octanol–water partition coefficient (Wildman–Crippen LogP) is 4.42. The van der Waals surface area contributed by atoms with Crippen LogP contribution in [0.2, 0.25) is 10.0 Å². The first-order chi connectivity index (χ1) is 9.47. The predicted molar refractivity (Wildman–Crippen MR) is 76.3 cm³/mol. The van der Waals surface area contributed by atoms with Crippen molar-refractivity contribution in [2.24, 2.45) is 0 Å². The maximum absolute atomic E-state index is 13.0. The van der Waals surface area contributed by atoms with Crippen LogP contribution in [0.25, 0.3) is 0 Å². The molecule has 2 N–H and O–H groups in total. The number of aliphatic hydroxyl groups is 1. The average molecular weight is 318 g/mol. The molecule has 0 aliphatic carbocycles. The maximum atomic E-state index is 13.0. The number of hydrogen-bond donors (Lipinski definition) is 2. The van der Waals surface area contributed by atoms with Crippen molar-refractivity contribution >= 4 is 28.9 Å². The van der Waals surface area contributed by atoms with Gasteiger partial charge in [-0.3, -0.25) is 0 Å². The molecule has 2 rings (SSSR count). The lowest BCUT2D eigenvalue weighted by Gasteiger charge is -2.15. The minimum absolute atomic E-state index is 0.108. The zero-order chi connectivity index (χ0) is 14.7. The summed E-state index contributed by atoms with van der Waals surface area (Å²) >= 11 is 11.7. The van der Waals surface area contributed by atoms with Crippen molar-refractivity contribution in [2.75, 3.05) is 11.9 Å². The van der Waals surface area contributed by atoms with Crippen LogP contribution in [-0.4, -0.2) is 11.7 Å². The molecule has 0 aliphatic heterocycles. The summed E-state index contributed by atoms with van der Waals surface area (Å²) in [6.07, 6.45) is -0.868. The van der Waals surface area contributed by atoms with E-state index >= 15 is 0 Å². The van der Waals surface area contributed by atoms with E-state index in [4.69, 9.17) is 23.2 Å². The number of nitrogens with one attached hydrogen (secondary N) is 1. The molecule has 1 unspecified atom stereocenters. The second-order valence-electron chi connectivity index (χ2n) is 4.19. The Labute approximate surface area is 125 Å². The number of rotatable bonds is 4. The molecule has 0 fully saturated rings. The van der Waals surface area contributed by atoms with Crippen LogP contribution in [0.3, 0.4) is 0 Å². The molecule has 0 saturated heterocycles. The minimum atomic E-state index is -0.868. The van der Waals surface area contributed by atoms with Crippen LogP contribution in [-0.2, 0) is 0 Å². The molecule has 0 saturated carbocycles. The molecule has 1 atom stereocenters. The summed E-state index contributed by atoms with van der Waals surface area (Å²) in [7, 11) is 0. The third kappa shape index (κ3) is 3.60. The molecule has 20 heavy (non-hydrogen) atoms. The van der Waals surface area contributed by atoms with E-state index in [1.54, 1.807) is 0 Å². The lowest BCUT2D eigenvalue weighted by atomic mass is 10.1. The van der Waals surface area contributed by atoms with E-state index in [2.05, 4.69) is 5.32 Å². The second-order valence-corrected chi connectivity index (χ2v) is 5.01. The monoisotopic (exact) mass is 317 g/mol. The van der Waals surface area contributed by atoms with Crippen LogP contribution in [0.4, 0.5) is 14.5 Å². The fourth-order valence-corrected chi connectivity index (χ4v) is 2.31. The Morgan fingerprint density at radius 3 is 2.10 bits per heavy atom. The number of aliphatic hydroxyl groups excluding tert-OH is 1. The average Bonchev–Trinajstić information content (AvgIpc) is 2.38. The smallest absolute Gasteiger partial charge is 0.126 e. The van der Waals surface area contributed by atoms with Gasteiger partial charge < -0.3 is 10.4 Å². The highest BCUT2D eigenvalue weighted by Crippen LogP contribution is 2.31. The molecule has 2 aromatic carbocycles. The van der Waals surface area contributed by atoms with Crippen molar-refractivity contribution in [1.29, 1.82) is 0 Å². The van der Waals surface area contributed by atoms with Crippen LogP contribution in [0, 0.1) is 11.6 Å². The Balaban J connectivity index is 2.07. The Morgan fingerprint density at radius 1 is 1.00 bits per heavy atom. The second kappa shape index (κ2) is 6.39. The summed E-state index contributed by atoms with van der Waals surface area (Å²) in [6.45, 7) is 0.108. The number of benzene rings is 2. The molecule has 0 bridgehead atoms. The van der Waals surface area contributed by atoms with Gasteiger partial charge in [-0.2, -0.15) is 0 Å². The molecule has 0 amide bonds. The SMILES string of the molecule is OC(CNc1c(Cl)cc(F)cc1Cl)c1ccc(F)cc1. The highest BCUT2D eigenvalue weighted by molar-refractivity contribution is 6.39. The molecule has 0 radical (unpaired) electrons. The minimum Gasteiger partial charge on any atom is -0.387 e. The van der Waals surface area contributed by atoms with Crippen molar-refractivity contribution < 1.29 is 13.9 Å². The quantitative estimate of drug-likeness (QED) is 0.875. The summed E-state index contributed by atoms with van der Waals surface area (Å²) in [5.74, 6) is -0.914. The Morgan fingerprint density at radius 2 is 1.55 bits per heavy atom. The van der Waals surface area contributed by atoms with Crippen molar-refractivity contribution in [2.45, 2.75) is 6.10 Å². The van der Waals surface area contributed by atoms with Gasteiger partial charge in [-0.1, -0.05) is 35.3 Å². The molecule has 0 aliphatic rings. The van der Waals surface area contributed by atoms with E-state index in [1.807, 2.05) is 0 Å². The summed E-state index contributed by atoms with van der Waals surface area (Å²) in [5.41, 5.74) is 0.893. The molecular weight excluding hydrogens is 307 g/mol. The summed E-state index contributed by atoms with van der Waals surface area (Å²) < 4.78 is 25.8. The molecule has 0 spiro atoms. The lowest BCUT2D eigenvalue weighted by molar-refractivity contribution is 0.191. The molecule has 2 nitrogen and oxygen atoms in total. The molecular formula is C14H11Cl2F2NO. The van der Waals surface area contributed by atoms with E-state index < -0.39 is 11.9 Å². The van der Waals surface area contributed by atoms with Crippen LogP contribution >= 0.6 is 23.2 Å². The molecule has 106 valence electrons. The van der Waals surface area contributed by atoms with Gasteiger partial charge in [-0.05, 0) is 29.8 Å². The normalized spacial score (nSPS) is 12.2. The number of halogens is 4. The molecule has 2 aromatic rings. The third-order valence-corrected chi connectivity index (χ3v) is 3.33. The van der Waals surface area contributed by atoms with Crippen molar-refractivity contribution in [3.63, 3.8) is 0 Å². The highest BCUT2D eigenvalue weighted by atomic mass is 35.5. The zero-order valence-electron chi connectivity index (χ0n) is 10.2. The maximum Gasteiger partial charge on any atom is 0.126 e. The van der Waals surface area contributed by atoms with Crippen molar-refractivity contribution in [1.82, 2.24) is 0 Å². The van der Waals surface area contributed by atoms with Gasteiger partial charge in [0.2, 0.25) is 0 Å². The van der Waals surface area contributed by atoms with Gasteiger partial charge in [-0.15, -0.1) is 0 Å². The van der Waals surface area contributed by atoms with E-state index in [0.717, 1.165) is 12.1 Å². The first-order valence-corrected chi connectivity index (χ1v) is 6.55. The van der Waals surface area contributed by atoms with E-state index in [-0.39, 0.29) is 22.4 Å². The summed E-state index contributed by atoms with van der Waals surface area (Å²) in [4.78, 5) is 0. The van der Waals surface area contributed by atoms with Gasteiger partial charge in [0.25, 0.3) is 0 Å². The van der Waals surface area contributed by atoms with Gasteiger partial charge in [0, 0.05) is 6.54 Å². The Bertz CT molecular complexity index is 582. The topological polar surface area (TPSA) is 32.3 Å². The van der Waals surface area contributed by atoms with Gasteiger partial charge in [0.1, 0.15) is 11.6 Å². The van der Waals surface area contributed by atoms with Crippen LogP contribution < -0.4 is 5.32 Å². The first-order valence-electron chi connectivity index (χ1n) is 5.79. The van der Waals surface area contributed by atoms with Gasteiger partial charge in [-0.25, -0.2) is 8.78 Å². The van der Waals surface area contributed by atoms with Gasteiger partial charge in [0.05, 0.1) is 21.8 Å². The Hall–Kier alpha value is -1.36. The summed E-state index contributed by atoms with van der Waals surface area (Å²) in [5, 5.41) is 13.1. The van der Waals surface area contributed by atoms with E-state index in [0.29, 0.717) is 11.3 Å². The van der Waals surface area contributed by atoms with E-state index in [9.17, 15) is 13.9 Å². The summed E-state index contributed by atoms with van der Waals surface area (Å²) in [6, 6.07) is 7.73. The number of anilines is 1. The fraction of sp³-hybridized carbons (Fsp3) is 0.143. The van der Waals surface area contributed by atoms with E-state index in [1.165, 1.54) is 24.3 Å². The van der Waals surface area contributed by atoms with Gasteiger partial charge >= 0.3 is 0 Å². The van der Waals surface area contributed by atoms with Crippen LogP contribution in [0.15, 0.2) is 36.4 Å². The lowest BCUT2D eigenvalue weighted by Crippen LogP contribution is -2.12. The van der Waals surface area contributed by atoms with Crippen LogP contribution in [0.5, 0.6) is 0 Å². The highest BCUT2D eigenvalue weighted by Gasteiger charge is 2.12. The molecule has 0 aromatic heterocycles. The fourth-order valence-electron chi connectivity index (χ4n) is 1.71. The van der Waals surface area contributed by atoms with Gasteiger partial charge in [0.15, 0.2) is 0 Å². The van der Waals surface area contributed by atoms with Crippen molar-refractivity contribution in [3.8, 4) is 0 Å². The molecule has 0 heterocycles. The van der Waals surface area contributed by atoms with Crippen LogP contribution in [0.1, 0.15) is 11.7 Å². The largest absolute Gasteiger partial charge is 0.387 e. The zero-order valence-corrected chi connectivity index (χ0v) is 11.7. The Kier molecular flexibility index (Phi) is 4.81.